The van der Waals surface area contributed by atoms with E-state index < -0.39 is 5.97 Å². The number of hydrogen-bond acceptors (Lipinski definition) is 6. The molecule has 6 nitrogen and oxygen atoms in total. The second-order valence-corrected chi connectivity index (χ2v) is 5.28. The molecule has 1 heterocycles. The van der Waals surface area contributed by atoms with Crippen molar-refractivity contribution in [3.63, 3.8) is 0 Å². The lowest BCUT2D eigenvalue weighted by Gasteiger charge is -2.16. The lowest BCUT2D eigenvalue weighted by Crippen LogP contribution is -2.25. The molecule has 1 aliphatic rings. The average Bonchev–Trinajstić information content (AvgIpc) is 3.02. The van der Waals surface area contributed by atoms with E-state index in [-0.39, 0.29) is 6.61 Å². The second kappa shape index (κ2) is 8.60. The molecule has 0 saturated carbocycles. The first-order valence-electron chi connectivity index (χ1n) is 7.61. The van der Waals surface area contributed by atoms with Gasteiger partial charge in [0.2, 0.25) is 0 Å². The molecule has 122 valence electrons. The van der Waals surface area contributed by atoms with Gasteiger partial charge in [-0.25, -0.2) is 4.79 Å². The topological polar surface area (TPSA) is 74.0 Å². The second-order valence-electron chi connectivity index (χ2n) is 5.28. The lowest BCUT2D eigenvalue weighted by atomic mass is 10.2. The van der Waals surface area contributed by atoms with Crippen molar-refractivity contribution in [3.05, 3.63) is 23.8 Å². The molecule has 1 aromatic carbocycles. The molecular formula is C16H24N2O4. The minimum Gasteiger partial charge on any atom is -0.490 e. The number of nitrogen functional groups attached to an aromatic ring is 1. The van der Waals surface area contributed by atoms with Crippen molar-refractivity contribution >= 4 is 11.7 Å². The fourth-order valence-corrected chi connectivity index (χ4v) is 2.40. The van der Waals surface area contributed by atoms with Crippen LogP contribution in [0, 0.1) is 0 Å². The summed E-state index contributed by atoms with van der Waals surface area (Å²) in [6.07, 6.45) is 2.53. The zero-order chi connectivity index (χ0) is 15.8. The van der Waals surface area contributed by atoms with Crippen LogP contribution in [0.5, 0.6) is 5.75 Å². The van der Waals surface area contributed by atoms with Crippen LogP contribution in [-0.4, -0.2) is 57.4 Å². The van der Waals surface area contributed by atoms with Gasteiger partial charge in [0.1, 0.15) is 19.0 Å². The van der Waals surface area contributed by atoms with Crippen LogP contribution in [-0.2, 0) is 9.47 Å². The van der Waals surface area contributed by atoms with E-state index in [9.17, 15) is 4.79 Å². The average molecular weight is 308 g/mol. The summed E-state index contributed by atoms with van der Waals surface area (Å²) < 4.78 is 15.6. The van der Waals surface area contributed by atoms with Crippen LogP contribution >= 0.6 is 0 Å². The summed E-state index contributed by atoms with van der Waals surface area (Å²) >= 11 is 0. The summed E-state index contributed by atoms with van der Waals surface area (Å²) in [5.74, 6) is 0.194. The Morgan fingerprint density at radius 1 is 1.23 bits per heavy atom. The van der Waals surface area contributed by atoms with Crippen LogP contribution in [0.2, 0.25) is 0 Å². The molecule has 0 radical (unpaired) electrons. The van der Waals surface area contributed by atoms with E-state index in [1.54, 1.807) is 25.3 Å². The van der Waals surface area contributed by atoms with Crippen molar-refractivity contribution in [2.24, 2.45) is 0 Å². The maximum Gasteiger partial charge on any atom is 0.338 e. The predicted octanol–water partition coefficient (Wildman–Crippen LogP) is 1.55. The van der Waals surface area contributed by atoms with Gasteiger partial charge in [-0.3, -0.25) is 4.90 Å². The van der Waals surface area contributed by atoms with E-state index in [0.717, 1.165) is 19.6 Å². The standard InChI is InChI=1S/C16H24N2O4/c1-20-10-11-22-16(19)13-4-5-15(14(17)12-13)21-9-8-18-6-2-3-7-18/h4-5,12H,2-3,6-11,17H2,1H3. The number of benzene rings is 1. The van der Waals surface area contributed by atoms with Crippen molar-refractivity contribution < 1.29 is 19.0 Å². The Bertz CT molecular complexity index is 487. The van der Waals surface area contributed by atoms with Gasteiger partial charge in [0.05, 0.1) is 17.9 Å². The van der Waals surface area contributed by atoms with E-state index >= 15 is 0 Å². The van der Waals surface area contributed by atoms with Gasteiger partial charge < -0.3 is 19.9 Å². The van der Waals surface area contributed by atoms with E-state index in [4.69, 9.17) is 19.9 Å². The first kappa shape index (κ1) is 16.6. The molecule has 0 aliphatic carbocycles. The van der Waals surface area contributed by atoms with Crippen LogP contribution in [0.4, 0.5) is 5.69 Å². The summed E-state index contributed by atoms with van der Waals surface area (Å²) in [7, 11) is 1.56. The molecule has 0 aromatic heterocycles. The lowest BCUT2D eigenvalue weighted by molar-refractivity contribution is 0.0388. The Morgan fingerprint density at radius 3 is 2.68 bits per heavy atom. The van der Waals surface area contributed by atoms with Gasteiger partial charge in [-0.2, -0.15) is 0 Å². The molecule has 0 unspecified atom stereocenters. The maximum atomic E-state index is 11.8. The molecule has 0 atom stereocenters. The summed E-state index contributed by atoms with van der Waals surface area (Å²) in [4.78, 5) is 14.2. The zero-order valence-electron chi connectivity index (χ0n) is 13.0. The van der Waals surface area contributed by atoms with Crippen molar-refractivity contribution in [3.8, 4) is 5.75 Å². The Balaban J connectivity index is 1.81. The Labute approximate surface area is 131 Å². The molecule has 0 spiro atoms. The molecule has 2 N–H and O–H groups in total. The minimum atomic E-state index is -0.410. The molecule has 0 bridgehead atoms. The fraction of sp³-hybridized carbons (Fsp3) is 0.562. The first-order valence-corrected chi connectivity index (χ1v) is 7.61. The number of esters is 1. The third-order valence-electron chi connectivity index (χ3n) is 3.63. The highest BCUT2D eigenvalue weighted by Gasteiger charge is 2.12. The molecule has 1 fully saturated rings. The normalized spacial score (nSPS) is 15.0. The first-order chi connectivity index (χ1) is 10.7. The number of carbonyl (C=O) groups is 1. The van der Waals surface area contributed by atoms with E-state index in [2.05, 4.69) is 4.90 Å². The number of nitrogens with two attached hydrogens (primary N) is 1. The van der Waals surface area contributed by atoms with Gasteiger partial charge in [-0.1, -0.05) is 0 Å². The molecule has 2 rings (SSSR count). The fourth-order valence-electron chi connectivity index (χ4n) is 2.40. The van der Waals surface area contributed by atoms with E-state index in [1.807, 2.05) is 0 Å². The highest BCUT2D eigenvalue weighted by molar-refractivity contribution is 5.91. The smallest absolute Gasteiger partial charge is 0.338 e. The molecular weight excluding hydrogens is 284 g/mol. The quantitative estimate of drug-likeness (QED) is 0.446. The van der Waals surface area contributed by atoms with E-state index in [0.29, 0.717) is 30.2 Å². The number of nitrogens with zero attached hydrogens (tertiary/aromatic N) is 1. The number of ether oxygens (including phenoxy) is 3. The van der Waals surface area contributed by atoms with Crippen LogP contribution in [0.15, 0.2) is 18.2 Å². The minimum absolute atomic E-state index is 0.226. The number of hydrogen-bond donors (Lipinski definition) is 1. The van der Waals surface area contributed by atoms with Crippen LogP contribution in [0.3, 0.4) is 0 Å². The van der Waals surface area contributed by atoms with Gasteiger partial charge in [0.25, 0.3) is 0 Å². The highest BCUT2D eigenvalue weighted by atomic mass is 16.6. The summed E-state index contributed by atoms with van der Waals surface area (Å²) in [5, 5.41) is 0. The number of rotatable bonds is 8. The monoisotopic (exact) mass is 308 g/mol. The van der Waals surface area contributed by atoms with Crippen molar-refractivity contribution in [2.45, 2.75) is 12.8 Å². The van der Waals surface area contributed by atoms with Crippen LogP contribution in [0.25, 0.3) is 0 Å². The van der Waals surface area contributed by atoms with Gasteiger partial charge in [0.15, 0.2) is 0 Å². The van der Waals surface area contributed by atoms with Crippen molar-refractivity contribution in [1.82, 2.24) is 4.90 Å². The van der Waals surface area contributed by atoms with Gasteiger partial charge in [0, 0.05) is 13.7 Å². The van der Waals surface area contributed by atoms with Crippen LogP contribution in [0.1, 0.15) is 23.2 Å². The third kappa shape index (κ3) is 4.89. The SMILES string of the molecule is COCCOC(=O)c1ccc(OCCN2CCCC2)c(N)c1. The maximum absolute atomic E-state index is 11.8. The summed E-state index contributed by atoms with van der Waals surface area (Å²) in [6.45, 7) is 4.39. The highest BCUT2D eigenvalue weighted by Crippen LogP contribution is 2.23. The van der Waals surface area contributed by atoms with Crippen molar-refractivity contribution in [1.29, 1.82) is 0 Å². The molecule has 1 saturated heterocycles. The largest absolute Gasteiger partial charge is 0.490 e. The zero-order valence-corrected chi connectivity index (χ0v) is 13.0. The van der Waals surface area contributed by atoms with Gasteiger partial charge in [-0.15, -0.1) is 0 Å². The summed E-state index contributed by atoms with van der Waals surface area (Å²) in [6, 6.07) is 4.96. The predicted molar refractivity (Wildman–Crippen MR) is 84.2 cm³/mol. The molecule has 1 aliphatic heterocycles. The van der Waals surface area contributed by atoms with E-state index in [1.165, 1.54) is 12.8 Å². The van der Waals surface area contributed by atoms with Crippen LogP contribution < -0.4 is 10.5 Å². The number of likely N-dealkylation sites (tertiary alicyclic amines) is 1. The third-order valence-corrected chi connectivity index (χ3v) is 3.63. The molecule has 1 aromatic rings. The Hall–Kier alpha value is -1.79. The number of methoxy groups -OCH3 is 1. The molecule has 6 heteroatoms. The molecule has 0 amide bonds. The van der Waals surface area contributed by atoms with Crippen molar-refractivity contribution in [2.75, 3.05) is 52.3 Å². The number of anilines is 1. The van der Waals surface area contributed by atoms with Gasteiger partial charge in [-0.05, 0) is 44.1 Å². The summed E-state index contributed by atoms with van der Waals surface area (Å²) in [5.41, 5.74) is 6.80. The van der Waals surface area contributed by atoms with Gasteiger partial charge >= 0.3 is 5.97 Å². The Morgan fingerprint density at radius 2 is 2.00 bits per heavy atom. The number of carbonyl (C=O) groups excluding carboxylic acids is 1. The Kier molecular flexibility index (Phi) is 6.48. The molecule has 22 heavy (non-hydrogen) atoms.